The zero-order chi connectivity index (χ0) is 53.0. The highest BCUT2D eigenvalue weighted by Gasteiger charge is 2.30. The molecule has 0 aromatic heterocycles. The van der Waals surface area contributed by atoms with E-state index in [9.17, 15) is 0 Å². The molecule has 6 aliphatic rings. The smallest absolute Gasteiger partial charge is 0.0218 e. The lowest BCUT2D eigenvalue weighted by Gasteiger charge is -2.44. The van der Waals surface area contributed by atoms with Crippen LogP contribution < -0.4 is 0 Å². The van der Waals surface area contributed by atoms with E-state index in [4.69, 9.17) is 0 Å². The van der Waals surface area contributed by atoms with Crippen LogP contribution in [0.5, 0.6) is 0 Å². The van der Waals surface area contributed by atoms with Gasteiger partial charge in [-0.3, -0.25) is 44.1 Å². The van der Waals surface area contributed by atoms with Crippen molar-refractivity contribution in [2.45, 2.75) is 229 Å². The summed E-state index contributed by atoms with van der Waals surface area (Å²) in [4.78, 5) is 30.1. The van der Waals surface area contributed by atoms with Gasteiger partial charge in [-0.05, 0) is 180 Å². The average Bonchev–Trinajstić information content (AvgIpc) is 3.28. The second-order valence-corrected chi connectivity index (χ2v) is 24.7. The Kier molecular flexibility index (Phi) is 32.2. The average molecular weight is 980 g/mol. The Morgan fingerprint density at radius 3 is 0.797 bits per heavy atom. The predicted octanol–water partition coefficient (Wildman–Crippen LogP) is 7.35. The van der Waals surface area contributed by atoms with E-state index >= 15 is 0 Å². The van der Waals surface area contributed by atoms with Gasteiger partial charge in [0.1, 0.15) is 0 Å². The van der Waals surface area contributed by atoms with Crippen molar-refractivity contribution in [2.24, 2.45) is 0 Å². The summed E-state index contributed by atoms with van der Waals surface area (Å²) < 4.78 is 0. The molecule has 0 saturated carbocycles. The number of hydrogen-bond donors (Lipinski definition) is 0. The molecule has 2 unspecified atom stereocenters. The van der Waals surface area contributed by atoms with E-state index in [0.717, 1.165) is 18.1 Å². The quantitative estimate of drug-likeness (QED) is 0.257. The van der Waals surface area contributed by atoms with Crippen LogP contribution in [0.1, 0.15) is 145 Å². The summed E-state index contributed by atoms with van der Waals surface area (Å²) in [7, 11) is 13.3. The fourth-order valence-electron chi connectivity index (χ4n) is 10.4. The number of likely N-dealkylation sites (N-methyl/N-ethyl adjacent to an activating group) is 6. The van der Waals surface area contributed by atoms with Crippen LogP contribution in [-0.2, 0) is 0 Å². The molecule has 6 aliphatic heterocycles. The number of piperazine rings is 6. The molecule has 6 saturated heterocycles. The van der Waals surface area contributed by atoms with Crippen molar-refractivity contribution < 1.29 is 0 Å². The van der Waals surface area contributed by atoms with Crippen molar-refractivity contribution in [1.29, 1.82) is 0 Å². The Morgan fingerprint density at radius 2 is 0.536 bits per heavy atom. The minimum absolute atomic E-state index is 0.698. The maximum atomic E-state index is 2.58. The van der Waals surface area contributed by atoms with Crippen LogP contribution in [-0.4, -0.2) is 290 Å². The lowest BCUT2D eigenvalue weighted by molar-refractivity contribution is 0.0424. The van der Waals surface area contributed by atoms with Gasteiger partial charge in [-0.2, -0.15) is 0 Å². The molecule has 8 atom stereocenters. The molecule has 12 nitrogen and oxygen atoms in total. The van der Waals surface area contributed by atoms with Gasteiger partial charge in [-0.25, -0.2) is 0 Å². The second-order valence-electron chi connectivity index (χ2n) is 24.7. The van der Waals surface area contributed by atoms with Crippen molar-refractivity contribution in [3.8, 4) is 0 Å². The molecule has 0 aromatic rings. The fraction of sp³-hybridized carbons (Fsp3) is 1.00. The maximum Gasteiger partial charge on any atom is 0.0218 e. The van der Waals surface area contributed by atoms with Gasteiger partial charge in [0.2, 0.25) is 0 Å². The molecular formula is C57H126N12. The summed E-state index contributed by atoms with van der Waals surface area (Å²) in [6.45, 7) is 65.5. The van der Waals surface area contributed by atoms with E-state index in [2.05, 4.69) is 240 Å². The van der Waals surface area contributed by atoms with Gasteiger partial charge in [0.05, 0.1) is 0 Å². The number of rotatable bonds is 7. The highest BCUT2D eigenvalue weighted by Crippen LogP contribution is 2.18. The second kappa shape index (κ2) is 33.4. The van der Waals surface area contributed by atoms with Crippen LogP contribution in [0.2, 0.25) is 0 Å². The minimum Gasteiger partial charge on any atom is -0.304 e. The molecule has 0 aliphatic carbocycles. The molecule has 0 N–H and O–H groups in total. The van der Waals surface area contributed by atoms with Gasteiger partial charge in [0.15, 0.2) is 0 Å². The standard InChI is InChI=1S/4C10H22N2.C9H20N2.C8H18N2/c3*1-8(2)12-6-9(3)11(5)10(4)7-12;1-5-10-8-12(9(2)3)7-6-11(10)4;1-8(2)11-6-5-10(4)9(3)7-11;1-8(2)10-6-4-9(3)5-7-10/h3*8-10H,6-7H2,1-5H3;9-10H,5-8H2,1-4H3;8-9H,5-7H2,1-4H3;8H,4-7H2,1-3H3/t2*9-,10+;9-,10-;;;/m..1.../s1. The fourth-order valence-corrected chi connectivity index (χ4v) is 10.4. The zero-order valence-electron chi connectivity index (χ0n) is 51.5. The van der Waals surface area contributed by atoms with Gasteiger partial charge < -0.3 is 14.7 Å². The van der Waals surface area contributed by atoms with Gasteiger partial charge in [-0.15, -0.1) is 0 Å². The van der Waals surface area contributed by atoms with E-state index in [1.165, 1.54) is 111 Å². The van der Waals surface area contributed by atoms with E-state index in [0.29, 0.717) is 66.5 Å². The highest BCUT2D eigenvalue weighted by molar-refractivity contribution is 4.87. The number of hydrogen-bond acceptors (Lipinski definition) is 12. The first-order valence-electron chi connectivity index (χ1n) is 28.7. The van der Waals surface area contributed by atoms with E-state index in [1.54, 1.807) is 0 Å². The summed E-state index contributed by atoms with van der Waals surface area (Å²) in [5, 5.41) is 0. The normalized spacial score (nSPS) is 31.1. The first-order chi connectivity index (χ1) is 32.0. The SMILES string of the molecule is CC(C)N1CCN(C)CC1.CC(C)N1C[C@@H](C)N(C)[C@@H](C)C1.CC(C)N1C[C@@H](C)N(C)[C@@H](C)C1.CC(C)N1C[C@@H](C)N(C)[C@H](C)C1.CC1CN(C(C)C)CCN1C.CCC1CN(C(C)C)CCN1C. The third-order valence-electron chi connectivity index (χ3n) is 17.4. The Hall–Kier alpha value is -0.480. The number of nitrogens with zero attached hydrogens (tertiary/aromatic N) is 12. The summed E-state index contributed by atoms with van der Waals surface area (Å²) in [6.07, 6.45) is 1.28. The highest BCUT2D eigenvalue weighted by atomic mass is 15.3. The van der Waals surface area contributed by atoms with Gasteiger partial charge >= 0.3 is 0 Å². The summed E-state index contributed by atoms with van der Waals surface area (Å²) in [6, 6.07) is 9.99. The Labute approximate surface area is 433 Å². The molecule has 0 aromatic carbocycles. The third kappa shape index (κ3) is 24.2. The van der Waals surface area contributed by atoms with Gasteiger partial charge in [0, 0.05) is 189 Å². The van der Waals surface area contributed by atoms with Crippen LogP contribution in [0.4, 0.5) is 0 Å². The summed E-state index contributed by atoms with van der Waals surface area (Å²) in [5.41, 5.74) is 0. The molecular weight excluding hydrogens is 853 g/mol. The van der Waals surface area contributed by atoms with Crippen LogP contribution in [0, 0.1) is 0 Å². The van der Waals surface area contributed by atoms with E-state index in [-0.39, 0.29) is 0 Å². The summed E-state index contributed by atoms with van der Waals surface area (Å²) in [5.74, 6) is 0. The Morgan fingerprint density at radius 1 is 0.290 bits per heavy atom. The van der Waals surface area contributed by atoms with Crippen molar-refractivity contribution in [2.75, 3.05) is 147 Å². The molecule has 69 heavy (non-hydrogen) atoms. The first kappa shape index (κ1) is 66.5. The van der Waals surface area contributed by atoms with Crippen molar-refractivity contribution in [3.05, 3.63) is 0 Å². The summed E-state index contributed by atoms with van der Waals surface area (Å²) >= 11 is 0. The molecule has 0 amide bonds. The van der Waals surface area contributed by atoms with E-state index < -0.39 is 0 Å². The van der Waals surface area contributed by atoms with Crippen LogP contribution in [0.3, 0.4) is 0 Å². The third-order valence-corrected chi connectivity index (χ3v) is 17.4. The topological polar surface area (TPSA) is 38.9 Å². The molecule has 6 heterocycles. The molecule has 414 valence electrons. The zero-order valence-corrected chi connectivity index (χ0v) is 51.5. The Bertz CT molecular complexity index is 1160. The van der Waals surface area contributed by atoms with Crippen LogP contribution in [0.25, 0.3) is 0 Å². The Balaban J connectivity index is 0.000000414. The molecule has 0 radical (unpaired) electrons. The molecule has 12 heteroatoms. The van der Waals surface area contributed by atoms with Crippen molar-refractivity contribution >= 4 is 0 Å². The van der Waals surface area contributed by atoms with Gasteiger partial charge in [-0.1, -0.05) is 6.92 Å². The largest absolute Gasteiger partial charge is 0.304 e. The molecule has 0 bridgehead atoms. The van der Waals surface area contributed by atoms with E-state index in [1.807, 2.05) is 0 Å². The monoisotopic (exact) mass is 979 g/mol. The van der Waals surface area contributed by atoms with Gasteiger partial charge in [0.25, 0.3) is 0 Å². The predicted molar refractivity (Wildman–Crippen MR) is 307 cm³/mol. The van der Waals surface area contributed by atoms with Crippen LogP contribution >= 0.6 is 0 Å². The lowest BCUT2D eigenvalue weighted by atomic mass is 10.1. The first-order valence-corrected chi connectivity index (χ1v) is 28.7. The van der Waals surface area contributed by atoms with Crippen molar-refractivity contribution in [1.82, 2.24) is 58.8 Å². The van der Waals surface area contributed by atoms with Crippen LogP contribution in [0.15, 0.2) is 0 Å². The lowest BCUT2D eigenvalue weighted by Crippen LogP contribution is -2.56. The molecule has 0 spiro atoms. The van der Waals surface area contributed by atoms with Crippen molar-refractivity contribution in [3.63, 3.8) is 0 Å². The maximum absolute atomic E-state index is 2.58. The minimum atomic E-state index is 0.698. The molecule has 6 rings (SSSR count). The molecule has 6 fully saturated rings.